The highest BCUT2D eigenvalue weighted by Gasteiger charge is 2.09. The van der Waals surface area contributed by atoms with Crippen LogP contribution in [0.15, 0.2) is 97.1 Å². The van der Waals surface area contributed by atoms with Crippen molar-refractivity contribution in [3.05, 3.63) is 120 Å². The number of hydrogen-bond donors (Lipinski definition) is 0. The largest absolute Gasteiger partial charge is 0.462 e. The van der Waals surface area contributed by atoms with Crippen LogP contribution in [0.4, 0.5) is 4.39 Å². The number of carbonyl (C=O) groups excluding carboxylic acids is 3. The molecule has 0 aromatic heterocycles. The molecule has 0 amide bonds. The minimum Gasteiger partial charge on any atom is -0.462 e. The molecular weight excluding hydrogens is 511 g/mol. The van der Waals surface area contributed by atoms with Crippen LogP contribution in [0.5, 0.6) is 5.75 Å². The highest BCUT2D eigenvalue weighted by molar-refractivity contribution is 5.89. The van der Waals surface area contributed by atoms with E-state index in [1.165, 1.54) is 12.1 Å². The summed E-state index contributed by atoms with van der Waals surface area (Å²) in [6.07, 6.45) is 3.86. The van der Waals surface area contributed by atoms with Gasteiger partial charge in [-0.3, -0.25) is 0 Å². The summed E-state index contributed by atoms with van der Waals surface area (Å²) in [4.78, 5) is 35.1. The third-order valence-corrected chi connectivity index (χ3v) is 5.75. The smallest absolute Gasteiger partial charge is 0.336 e. The Morgan fingerprint density at radius 3 is 1.88 bits per heavy atom. The molecule has 7 heteroatoms. The molecule has 3 aromatic rings. The van der Waals surface area contributed by atoms with Gasteiger partial charge in [-0.1, -0.05) is 61.7 Å². The Balaban J connectivity index is 1.50. The van der Waals surface area contributed by atoms with Gasteiger partial charge in [0, 0.05) is 35.6 Å². The zero-order valence-corrected chi connectivity index (χ0v) is 22.6. The third-order valence-electron chi connectivity index (χ3n) is 5.75. The Morgan fingerprint density at radius 2 is 1.32 bits per heavy atom. The number of benzene rings is 3. The van der Waals surface area contributed by atoms with E-state index >= 15 is 0 Å². The topological polar surface area (TPSA) is 78.9 Å². The highest BCUT2D eigenvalue weighted by atomic mass is 19.1. The Morgan fingerprint density at radius 1 is 0.775 bits per heavy atom. The molecule has 6 nitrogen and oxygen atoms in total. The number of carbonyl (C=O) groups is 3. The van der Waals surface area contributed by atoms with Crippen molar-refractivity contribution in [1.82, 2.24) is 0 Å². The zero-order chi connectivity index (χ0) is 29.1. The summed E-state index contributed by atoms with van der Waals surface area (Å²) in [6, 6.07) is 18.9. The average molecular weight is 543 g/mol. The van der Waals surface area contributed by atoms with Crippen LogP contribution in [0.3, 0.4) is 0 Å². The molecule has 0 atom stereocenters. The lowest BCUT2D eigenvalue weighted by molar-refractivity contribution is -0.139. The van der Waals surface area contributed by atoms with Crippen molar-refractivity contribution in [2.24, 2.45) is 0 Å². The van der Waals surface area contributed by atoms with Crippen molar-refractivity contribution < 1.29 is 33.0 Å². The van der Waals surface area contributed by atoms with Crippen molar-refractivity contribution in [1.29, 1.82) is 0 Å². The molecule has 0 unspecified atom stereocenters. The minimum atomic E-state index is -0.539. The van der Waals surface area contributed by atoms with Gasteiger partial charge in [-0.25, -0.2) is 18.8 Å². The summed E-state index contributed by atoms with van der Waals surface area (Å²) in [5.41, 5.74) is 4.19. The standard InChI is InChI=1S/C33H31FO6/c1-22(2)32(36)38-19-17-25-7-13-28(14-8-25)40-31(35)16-10-24-5-11-27(12-6-24)29-15-9-26(21-30(29)34)18-20-39-33(37)23(3)4/h5-16,21H,1,3,17-20H2,2,4H3/b16-10+. The van der Waals surface area contributed by atoms with Gasteiger partial charge in [-0.05, 0) is 60.4 Å². The first-order valence-corrected chi connectivity index (χ1v) is 12.7. The fourth-order valence-corrected chi connectivity index (χ4v) is 3.53. The van der Waals surface area contributed by atoms with Crippen LogP contribution in [0, 0.1) is 5.82 Å². The van der Waals surface area contributed by atoms with E-state index in [1.807, 2.05) is 0 Å². The van der Waals surface area contributed by atoms with E-state index in [1.54, 1.807) is 80.6 Å². The molecule has 0 aliphatic carbocycles. The average Bonchev–Trinajstić information content (AvgIpc) is 2.93. The molecule has 206 valence electrons. The highest BCUT2D eigenvalue weighted by Crippen LogP contribution is 2.25. The maximum Gasteiger partial charge on any atom is 0.336 e. The number of esters is 3. The lowest BCUT2D eigenvalue weighted by Gasteiger charge is -2.08. The summed E-state index contributed by atoms with van der Waals surface area (Å²) in [5.74, 6) is -1.42. The second-order valence-corrected chi connectivity index (χ2v) is 9.17. The Labute approximate surface area is 233 Å². The van der Waals surface area contributed by atoms with Gasteiger partial charge >= 0.3 is 17.9 Å². The second kappa shape index (κ2) is 14.4. The number of halogens is 1. The molecule has 0 radical (unpaired) electrons. The van der Waals surface area contributed by atoms with E-state index in [2.05, 4.69) is 13.2 Å². The Hall–Kier alpha value is -4.78. The van der Waals surface area contributed by atoms with E-state index in [9.17, 15) is 18.8 Å². The van der Waals surface area contributed by atoms with Gasteiger partial charge in [0.1, 0.15) is 11.6 Å². The van der Waals surface area contributed by atoms with Crippen molar-refractivity contribution in [3.63, 3.8) is 0 Å². The molecule has 3 rings (SSSR count). The van der Waals surface area contributed by atoms with Crippen LogP contribution in [-0.2, 0) is 36.7 Å². The van der Waals surface area contributed by atoms with Crippen LogP contribution < -0.4 is 4.74 Å². The summed E-state index contributed by atoms with van der Waals surface area (Å²) in [7, 11) is 0. The predicted octanol–water partition coefficient (Wildman–Crippen LogP) is 6.44. The lowest BCUT2D eigenvalue weighted by Crippen LogP contribution is -2.08. The van der Waals surface area contributed by atoms with Gasteiger partial charge in [0.05, 0.1) is 13.2 Å². The van der Waals surface area contributed by atoms with Gasteiger partial charge in [0.2, 0.25) is 0 Å². The Bertz CT molecular complexity index is 1420. The molecule has 3 aromatic carbocycles. The monoisotopic (exact) mass is 542 g/mol. The van der Waals surface area contributed by atoms with Crippen LogP contribution in [-0.4, -0.2) is 31.1 Å². The summed E-state index contributed by atoms with van der Waals surface area (Å²) >= 11 is 0. The van der Waals surface area contributed by atoms with E-state index in [0.717, 1.165) is 11.1 Å². The molecule has 0 saturated carbocycles. The molecule has 40 heavy (non-hydrogen) atoms. The normalized spacial score (nSPS) is 10.7. The van der Waals surface area contributed by atoms with E-state index in [0.29, 0.717) is 46.4 Å². The molecular formula is C33H31FO6. The maximum absolute atomic E-state index is 14.7. The van der Waals surface area contributed by atoms with E-state index in [4.69, 9.17) is 14.2 Å². The van der Waals surface area contributed by atoms with Crippen LogP contribution in [0.2, 0.25) is 0 Å². The van der Waals surface area contributed by atoms with Crippen LogP contribution in [0.25, 0.3) is 17.2 Å². The van der Waals surface area contributed by atoms with E-state index < -0.39 is 17.9 Å². The van der Waals surface area contributed by atoms with Gasteiger partial charge in [0.25, 0.3) is 0 Å². The second-order valence-electron chi connectivity index (χ2n) is 9.17. The van der Waals surface area contributed by atoms with Gasteiger partial charge in [-0.15, -0.1) is 0 Å². The third kappa shape index (κ3) is 9.20. The van der Waals surface area contributed by atoms with Crippen molar-refractivity contribution in [3.8, 4) is 16.9 Å². The molecule has 0 fully saturated rings. The number of hydrogen-bond acceptors (Lipinski definition) is 6. The fraction of sp³-hybridized carbons (Fsp3) is 0.182. The zero-order valence-electron chi connectivity index (χ0n) is 22.6. The summed E-state index contributed by atoms with van der Waals surface area (Å²) in [5, 5.41) is 0. The SMILES string of the molecule is C=C(C)C(=O)OCCc1ccc(OC(=O)/C=C/c2ccc(-c3ccc(CCOC(=O)C(=C)C)cc3F)cc2)cc1. The first kappa shape index (κ1) is 29.8. The van der Waals surface area contributed by atoms with Gasteiger partial charge in [0.15, 0.2) is 0 Å². The summed E-state index contributed by atoms with van der Waals surface area (Å²) in [6.45, 7) is 10.6. The molecule has 0 N–H and O–H groups in total. The van der Waals surface area contributed by atoms with E-state index in [-0.39, 0.29) is 19.0 Å². The van der Waals surface area contributed by atoms with Crippen molar-refractivity contribution in [2.45, 2.75) is 26.7 Å². The first-order valence-electron chi connectivity index (χ1n) is 12.7. The number of rotatable bonds is 12. The number of ether oxygens (including phenoxy) is 3. The molecule has 0 aliphatic heterocycles. The fourth-order valence-electron chi connectivity index (χ4n) is 3.53. The predicted molar refractivity (Wildman–Crippen MR) is 152 cm³/mol. The lowest BCUT2D eigenvalue weighted by atomic mass is 10.0. The van der Waals surface area contributed by atoms with Crippen LogP contribution >= 0.6 is 0 Å². The summed E-state index contributed by atoms with van der Waals surface area (Å²) < 4.78 is 30.2. The molecule has 0 heterocycles. The molecule has 0 aliphatic rings. The minimum absolute atomic E-state index is 0.147. The maximum atomic E-state index is 14.7. The molecule has 0 saturated heterocycles. The van der Waals surface area contributed by atoms with Crippen molar-refractivity contribution in [2.75, 3.05) is 13.2 Å². The van der Waals surface area contributed by atoms with Crippen LogP contribution in [0.1, 0.15) is 30.5 Å². The first-order chi connectivity index (χ1) is 19.1. The molecule has 0 bridgehead atoms. The molecule has 0 spiro atoms. The van der Waals surface area contributed by atoms with Crippen molar-refractivity contribution >= 4 is 24.0 Å². The van der Waals surface area contributed by atoms with Gasteiger partial charge < -0.3 is 14.2 Å². The quantitative estimate of drug-likeness (QED) is 0.149. The van der Waals surface area contributed by atoms with Gasteiger partial charge in [-0.2, -0.15) is 0 Å². The Kier molecular flexibility index (Phi) is 10.7.